The molecule has 0 saturated heterocycles. The standard InChI is InChI=1S/3C6H5.C6H9.Bi.H2/c3*1-2-4-6-5-3-1;1-5-6(2,3)4;;/h3*1-5H;2-4H3;;1H. The van der Waals surface area contributed by atoms with Crippen molar-refractivity contribution in [2.24, 2.45) is 5.41 Å². The molecule has 0 aliphatic carbocycles. The van der Waals surface area contributed by atoms with E-state index in [0.29, 0.717) is 0 Å². The molecule has 0 aliphatic heterocycles. The van der Waals surface area contributed by atoms with Crippen molar-refractivity contribution in [2.75, 3.05) is 0 Å². The molecule has 3 aromatic rings. The monoisotopic (exact) mass is 523 g/mol. The molecule has 0 aliphatic rings. The van der Waals surface area contributed by atoms with E-state index in [4.69, 9.17) is 6.42 Å². The summed E-state index contributed by atoms with van der Waals surface area (Å²) in [6.07, 6.45) is 6.60. The molecule has 0 N–H and O–H groups in total. The van der Waals surface area contributed by atoms with Gasteiger partial charge in [-0.3, -0.25) is 0 Å². The van der Waals surface area contributed by atoms with Gasteiger partial charge in [0.25, 0.3) is 0 Å². The normalized spacial score (nSPS) is 8.24. The van der Waals surface area contributed by atoms with E-state index in [-0.39, 0.29) is 33.0 Å². The van der Waals surface area contributed by atoms with Crippen LogP contribution in [0.5, 0.6) is 0 Å². The predicted octanol–water partition coefficient (Wildman–Crippen LogP) is 5.95. The second kappa shape index (κ2) is 18.4. The van der Waals surface area contributed by atoms with E-state index in [1.165, 1.54) is 0 Å². The van der Waals surface area contributed by atoms with Crippen LogP contribution >= 0.6 is 0 Å². The Morgan fingerprint density at radius 1 is 0.600 bits per heavy atom. The SMILES string of the molecule is [Bi].[C]#CC(C)(C)C.[HH].[c]1ccccc1.[c]1ccccc1.[c]1ccccc1. The van der Waals surface area contributed by atoms with Gasteiger partial charge >= 0.3 is 0 Å². The first kappa shape index (κ1) is 25.3. The molecule has 0 atom stereocenters. The Labute approximate surface area is 174 Å². The third-order valence-electron chi connectivity index (χ3n) is 2.20. The zero-order valence-corrected chi connectivity index (χ0v) is 18.6. The minimum absolute atomic E-state index is 0. The fourth-order valence-electron chi connectivity index (χ4n) is 1.03. The van der Waals surface area contributed by atoms with Crippen molar-refractivity contribution in [1.29, 1.82) is 0 Å². The Morgan fingerprint density at radius 3 is 0.840 bits per heavy atom. The van der Waals surface area contributed by atoms with E-state index < -0.39 is 0 Å². The summed E-state index contributed by atoms with van der Waals surface area (Å²) >= 11 is 0. The van der Waals surface area contributed by atoms with Crippen LogP contribution in [0.15, 0.2) is 91.0 Å². The van der Waals surface area contributed by atoms with E-state index in [1.54, 1.807) is 0 Å². The maximum Gasteiger partial charge on any atom is 0.0240 e. The van der Waals surface area contributed by atoms with Gasteiger partial charge in [0.15, 0.2) is 0 Å². The first-order valence-corrected chi connectivity index (χ1v) is 7.73. The van der Waals surface area contributed by atoms with Crippen molar-refractivity contribution in [3.63, 3.8) is 0 Å². The molecule has 0 saturated carbocycles. The van der Waals surface area contributed by atoms with Gasteiger partial charge in [-0.1, -0.05) is 96.9 Å². The summed E-state index contributed by atoms with van der Waals surface area (Å²) in [5.41, 5.74) is -0.0417. The third kappa shape index (κ3) is 24.5. The van der Waals surface area contributed by atoms with Crippen LogP contribution in [-0.4, -0.2) is 26.2 Å². The zero-order chi connectivity index (χ0) is 17.9. The van der Waals surface area contributed by atoms with Gasteiger partial charge in [-0.15, -0.1) is 0 Å². The van der Waals surface area contributed by atoms with Gasteiger partial charge in [-0.05, 0) is 45.4 Å². The molecular weight excluding hydrogens is 497 g/mol. The minimum atomic E-state index is -0.0417. The first-order chi connectivity index (χ1) is 11.6. The van der Waals surface area contributed by atoms with E-state index in [1.807, 2.05) is 112 Å². The molecule has 3 rings (SSSR count). The summed E-state index contributed by atoms with van der Waals surface area (Å²) in [4.78, 5) is 0. The van der Waals surface area contributed by atoms with Crippen molar-refractivity contribution >= 4 is 26.2 Å². The quantitative estimate of drug-likeness (QED) is 0.253. The summed E-state index contributed by atoms with van der Waals surface area (Å²) in [5, 5.41) is 0. The number of rotatable bonds is 0. The average molecular weight is 523 g/mol. The number of benzene rings is 3. The van der Waals surface area contributed by atoms with Gasteiger partial charge in [0, 0.05) is 33.0 Å². The smallest absolute Gasteiger partial charge is 0.0240 e. The maximum absolute atomic E-state index is 6.60. The van der Waals surface area contributed by atoms with E-state index in [9.17, 15) is 0 Å². The molecule has 0 spiro atoms. The topological polar surface area (TPSA) is 0 Å². The fourth-order valence-corrected chi connectivity index (χ4v) is 1.03. The van der Waals surface area contributed by atoms with Gasteiger partial charge in [0.05, 0.1) is 0 Å². The third-order valence-corrected chi connectivity index (χ3v) is 2.20. The molecule has 0 amide bonds. The van der Waals surface area contributed by atoms with Gasteiger partial charge in [0.1, 0.15) is 0 Å². The van der Waals surface area contributed by atoms with Crippen molar-refractivity contribution in [3.8, 4) is 5.92 Å². The first-order valence-electron chi connectivity index (χ1n) is 7.73. The zero-order valence-electron chi connectivity index (χ0n) is 15.1. The molecule has 0 fully saturated rings. The van der Waals surface area contributed by atoms with E-state index in [2.05, 4.69) is 24.1 Å². The molecule has 0 nitrogen and oxygen atoms in total. The Hall–Kier alpha value is -1.90. The Balaban J connectivity index is -0.000000264. The molecule has 7 radical (unpaired) electrons. The van der Waals surface area contributed by atoms with E-state index in [0.717, 1.165) is 0 Å². The summed E-state index contributed by atoms with van der Waals surface area (Å²) in [6.45, 7) is 5.83. The maximum atomic E-state index is 6.60. The molecular formula is C24H26Bi. The molecule has 0 unspecified atom stereocenters. The van der Waals surface area contributed by atoms with Crippen molar-refractivity contribution < 1.29 is 1.43 Å². The van der Waals surface area contributed by atoms with Gasteiger partial charge in [0.2, 0.25) is 0 Å². The molecule has 0 heterocycles. The second-order valence-corrected chi connectivity index (χ2v) is 5.61. The van der Waals surface area contributed by atoms with Gasteiger partial charge in [-0.25, -0.2) is 0 Å². The Bertz CT molecular complexity index is 456. The summed E-state index contributed by atoms with van der Waals surface area (Å²) < 4.78 is 0. The van der Waals surface area contributed by atoms with Crippen LogP contribution in [0, 0.1) is 36.0 Å². The second-order valence-electron chi connectivity index (χ2n) is 5.61. The van der Waals surface area contributed by atoms with Crippen molar-refractivity contribution in [3.05, 3.63) is 116 Å². The molecule has 1 heteroatoms. The van der Waals surface area contributed by atoms with Crippen LogP contribution in [0.25, 0.3) is 0 Å². The minimum Gasteiger partial charge on any atom is -0.0832 e. The Kier molecular flexibility index (Phi) is 18.7. The summed E-state index contributed by atoms with van der Waals surface area (Å²) in [5.74, 6) is 2.35. The number of hydrogen-bond donors (Lipinski definition) is 0. The Morgan fingerprint density at radius 2 is 0.800 bits per heavy atom. The van der Waals surface area contributed by atoms with Crippen LogP contribution in [-0.2, 0) is 0 Å². The predicted molar refractivity (Wildman–Crippen MR) is 110 cm³/mol. The molecule has 3 aromatic carbocycles. The largest absolute Gasteiger partial charge is 0.0832 e. The van der Waals surface area contributed by atoms with Gasteiger partial charge in [-0.2, -0.15) is 0 Å². The van der Waals surface area contributed by atoms with Gasteiger partial charge < -0.3 is 0 Å². The fraction of sp³-hybridized carbons (Fsp3) is 0.167. The summed E-state index contributed by atoms with van der Waals surface area (Å²) in [6, 6.07) is 37.5. The average Bonchev–Trinajstić information content (AvgIpc) is 2.67. The van der Waals surface area contributed by atoms with Crippen LogP contribution in [0.3, 0.4) is 0 Å². The van der Waals surface area contributed by atoms with Crippen LogP contribution in [0.1, 0.15) is 22.2 Å². The van der Waals surface area contributed by atoms with Crippen LogP contribution < -0.4 is 0 Å². The molecule has 25 heavy (non-hydrogen) atoms. The van der Waals surface area contributed by atoms with Crippen molar-refractivity contribution in [2.45, 2.75) is 20.8 Å². The van der Waals surface area contributed by atoms with E-state index >= 15 is 0 Å². The molecule has 127 valence electrons. The van der Waals surface area contributed by atoms with Crippen molar-refractivity contribution in [1.82, 2.24) is 0 Å². The van der Waals surface area contributed by atoms with Crippen LogP contribution in [0.4, 0.5) is 0 Å². The molecule has 0 bridgehead atoms. The number of hydrogen-bond acceptors (Lipinski definition) is 0. The summed E-state index contributed by atoms with van der Waals surface area (Å²) in [7, 11) is 0. The molecule has 0 aromatic heterocycles. The van der Waals surface area contributed by atoms with Crippen LogP contribution in [0.2, 0.25) is 0 Å².